The Balaban J connectivity index is 1.73. The number of hydrogen-bond acceptors (Lipinski definition) is 5. The van der Waals surface area contributed by atoms with Gasteiger partial charge in [-0.15, -0.1) is 0 Å². The van der Waals surface area contributed by atoms with Gasteiger partial charge in [0, 0.05) is 5.41 Å². The van der Waals surface area contributed by atoms with Crippen molar-refractivity contribution in [3.05, 3.63) is 11.6 Å². The van der Waals surface area contributed by atoms with Crippen LogP contribution in [0.15, 0.2) is 22.0 Å². The Morgan fingerprint density at radius 1 is 1.03 bits per heavy atom. The van der Waals surface area contributed by atoms with Gasteiger partial charge >= 0.3 is 0 Å². The van der Waals surface area contributed by atoms with E-state index in [-0.39, 0.29) is 16.4 Å². The molecule has 1 unspecified atom stereocenters. The maximum absolute atomic E-state index is 7.14. The van der Waals surface area contributed by atoms with Crippen LogP contribution in [0.5, 0.6) is 0 Å². The molecule has 4 rings (SSSR count). The normalized spacial score (nSPS) is 44.6. The second kappa shape index (κ2) is 8.51. The molecule has 3 saturated carbocycles. The van der Waals surface area contributed by atoms with E-state index in [2.05, 4.69) is 63.7 Å². The van der Waals surface area contributed by atoms with Crippen molar-refractivity contribution >= 4 is 19.7 Å². The zero-order valence-electron chi connectivity index (χ0n) is 22.5. The standard InChI is InChI=1S/C27H46N2O3Si/c1-18-16-21-22(25(3)13-10-20(29-31-6)17-24(18)25)11-14-26(4)23(21)12-15-27(26,19(2)28-30-5)32-33(7,8)9/h17-18,21-23H,10-16H2,1-9H3/b28-19+,29-20-/t18?,21-,22+,23+,25-,26+,27+/m1/s1. The third kappa shape index (κ3) is 3.83. The van der Waals surface area contributed by atoms with Gasteiger partial charge in [0.2, 0.25) is 0 Å². The smallest absolute Gasteiger partial charge is 0.185 e. The molecule has 0 saturated heterocycles. The van der Waals surface area contributed by atoms with Crippen LogP contribution in [0, 0.1) is 34.5 Å². The summed E-state index contributed by atoms with van der Waals surface area (Å²) in [4.78, 5) is 10.4. The summed E-state index contributed by atoms with van der Waals surface area (Å²) in [5.41, 5.74) is 3.87. The van der Waals surface area contributed by atoms with E-state index < -0.39 is 8.32 Å². The Kier molecular flexibility index (Phi) is 6.44. The van der Waals surface area contributed by atoms with Crippen LogP contribution in [0.1, 0.15) is 72.6 Å². The van der Waals surface area contributed by atoms with Crippen LogP contribution in [-0.4, -0.2) is 39.6 Å². The summed E-state index contributed by atoms with van der Waals surface area (Å²) in [5.74, 6) is 2.74. The van der Waals surface area contributed by atoms with Gasteiger partial charge in [0.05, 0.1) is 11.4 Å². The molecule has 5 nitrogen and oxygen atoms in total. The molecule has 0 N–H and O–H groups in total. The van der Waals surface area contributed by atoms with Gasteiger partial charge in [0.25, 0.3) is 0 Å². The lowest BCUT2D eigenvalue weighted by atomic mass is 9.44. The van der Waals surface area contributed by atoms with Crippen molar-refractivity contribution in [3.63, 3.8) is 0 Å². The summed E-state index contributed by atoms with van der Waals surface area (Å²) in [6.07, 6.45) is 10.6. The molecule has 0 heterocycles. The van der Waals surface area contributed by atoms with E-state index in [1.54, 1.807) is 19.8 Å². The Labute approximate surface area is 202 Å². The first-order valence-corrected chi connectivity index (χ1v) is 16.4. The average molecular weight is 475 g/mol. The van der Waals surface area contributed by atoms with Crippen molar-refractivity contribution in [1.82, 2.24) is 0 Å². The number of nitrogens with zero attached hydrogens (tertiary/aromatic N) is 2. The van der Waals surface area contributed by atoms with Crippen molar-refractivity contribution < 1.29 is 14.1 Å². The van der Waals surface area contributed by atoms with Crippen LogP contribution in [0.4, 0.5) is 0 Å². The van der Waals surface area contributed by atoms with Crippen LogP contribution < -0.4 is 0 Å². The summed E-state index contributed by atoms with van der Waals surface area (Å²) < 4.78 is 7.14. The highest BCUT2D eigenvalue weighted by Crippen LogP contribution is 2.69. The van der Waals surface area contributed by atoms with E-state index in [1.807, 2.05) is 0 Å². The topological polar surface area (TPSA) is 52.4 Å². The summed E-state index contributed by atoms with van der Waals surface area (Å²) >= 11 is 0. The van der Waals surface area contributed by atoms with Gasteiger partial charge in [-0.1, -0.05) is 36.7 Å². The predicted octanol–water partition coefficient (Wildman–Crippen LogP) is 6.81. The molecule has 6 heteroatoms. The van der Waals surface area contributed by atoms with Crippen molar-refractivity contribution in [2.75, 3.05) is 14.2 Å². The first-order chi connectivity index (χ1) is 15.4. The monoisotopic (exact) mass is 474 g/mol. The minimum absolute atomic E-state index is 0.106. The van der Waals surface area contributed by atoms with Gasteiger partial charge < -0.3 is 14.1 Å². The molecular formula is C27H46N2O3Si. The second-order valence-electron chi connectivity index (χ2n) is 12.7. The minimum atomic E-state index is -1.80. The van der Waals surface area contributed by atoms with Gasteiger partial charge in [0.1, 0.15) is 19.8 Å². The van der Waals surface area contributed by atoms with Gasteiger partial charge in [-0.2, -0.15) is 0 Å². The Hall–Kier alpha value is -1.14. The molecule has 0 bridgehead atoms. The van der Waals surface area contributed by atoms with E-state index >= 15 is 0 Å². The van der Waals surface area contributed by atoms with E-state index in [0.717, 1.165) is 36.1 Å². The van der Waals surface area contributed by atoms with Gasteiger partial charge in [-0.05, 0) is 107 Å². The lowest BCUT2D eigenvalue weighted by Crippen LogP contribution is -2.61. The van der Waals surface area contributed by atoms with E-state index in [4.69, 9.17) is 14.1 Å². The fourth-order valence-corrected chi connectivity index (χ4v) is 10.3. The molecular weight excluding hydrogens is 428 g/mol. The molecule has 0 radical (unpaired) electrons. The molecule has 3 fully saturated rings. The number of fused-ring (bicyclic) bond motifs is 5. The molecule has 4 aliphatic rings. The third-order valence-corrected chi connectivity index (χ3v) is 10.9. The molecule has 0 aromatic heterocycles. The molecule has 4 aliphatic carbocycles. The Bertz CT molecular complexity index is 862. The van der Waals surface area contributed by atoms with E-state index in [1.165, 1.54) is 32.1 Å². The maximum Gasteiger partial charge on any atom is 0.185 e. The highest BCUT2D eigenvalue weighted by molar-refractivity contribution is 6.70. The van der Waals surface area contributed by atoms with E-state index in [0.29, 0.717) is 11.8 Å². The van der Waals surface area contributed by atoms with Crippen LogP contribution in [-0.2, 0) is 14.1 Å². The van der Waals surface area contributed by atoms with Gasteiger partial charge in [-0.3, -0.25) is 0 Å². The molecule has 186 valence electrons. The highest BCUT2D eigenvalue weighted by atomic mass is 28.4. The van der Waals surface area contributed by atoms with Crippen molar-refractivity contribution in [2.24, 2.45) is 44.8 Å². The summed E-state index contributed by atoms with van der Waals surface area (Å²) in [6, 6.07) is 0. The van der Waals surface area contributed by atoms with Crippen molar-refractivity contribution in [2.45, 2.75) is 97.9 Å². The van der Waals surface area contributed by atoms with Crippen molar-refractivity contribution in [1.29, 1.82) is 0 Å². The predicted molar refractivity (Wildman–Crippen MR) is 138 cm³/mol. The molecule has 0 amide bonds. The molecule has 0 spiro atoms. The molecule has 33 heavy (non-hydrogen) atoms. The fourth-order valence-electron chi connectivity index (χ4n) is 8.75. The summed E-state index contributed by atoms with van der Waals surface area (Å²) in [7, 11) is 1.53. The molecule has 7 atom stereocenters. The fraction of sp³-hybridized carbons (Fsp3) is 0.852. The summed E-state index contributed by atoms with van der Waals surface area (Å²) in [5, 5.41) is 8.80. The maximum atomic E-state index is 7.14. The van der Waals surface area contributed by atoms with Crippen LogP contribution in [0.2, 0.25) is 19.6 Å². The summed E-state index contributed by atoms with van der Waals surface area (Å²) in [6.45, 7) is 16.6. The highest BCUT2D eigenvalue weighted by Gasteiger charge is 2.67. The molecule has 0 aliphatic heterocycles. The Morgan fingerprint density at radius 2 is 1.73 bits per heavy atom. The Morgan fingerprint density at radius 3 is 2.36 bits per heavy atom. The zero-order chi connectivity index (χ0) is 24.2. The number of allylic oxidation sites excluding steroid dienone is 2. The number of rotatable bonds is 5. The SMILES string of the molecule is CO/N=C1\C=C2C(C)C[C@@H]3[C@H](CC[C@@]4(C)[C@H]3CC[C@]4(O[Si](C)(C)C)/C(C)=N/OC)[C@@]2(C)CC1. The molecule has 0 aromatic carbocycles. The second-order valence-corrected chi connectivity index (χ2v) is 17.1. The van der Waals surface area contributed by atoms with Crippen molar-refractivity contribution in [3.8, 4) is 0 Å². The zero-order valence-corrected chi connectivity index (χ0v) is 23.5. The van der Waals surface area contributed by atoms with Crippen LogP contribution >= 0.6 is 0 Å². The third-order valence-electron chi connectivity index (χ3n) is 9.92. The first-order valence-electron chi connectivity index (χ1n) is 13.0. The first kappa shape index (κ1) is 25.0. The quantitative estimate of drug-likeness (QED) is 0.250. The average Bonchev–Trinajstić information content (AvgIpc) is 3.01. The minimum Gasteiger partial charge on any atom is -0.406 e. The van der Waals surface area contributed by atoms with Gasteiger partial charge in [0.15, 0.2) is 8.32 Å². The largest absolute Gasteiger partial charge is 0.406 e. The van der Waals surface area contributed by atoms with Gasteiger partial charge in [-0.25, -0.2) is 0 Å². The number of oxime groups is 2. The van der Waals surface area contributed by atoms with Crippen LogP contribution in [0.3, 0.4) is 0 Å². The number of hydrogen-bond donors (Lipinski definition) is 0. The molecule has 0 aromatic rings. The van der Waals surface area contributed by atoms with E-state index in [9.17, 15) is 0 Å². The lowest BCUT2D eigenvalue weighted by molar-refractivity contribution is -0.0946. The van der Waals surface area contributed by atoms with Crippen LogP contribution in [0.25, 0.3) is 0 Å². The lowest BCUT2D eigenvalue weighted by Gasteiger charge is -2.61.